The van der Waals surface area contributed by atoms with E-state index >= 15 is 0 Å². The lowest BCUT2D eigenvalue weighted by atomic mass is 9.86. The molecule has 35 heavy (non-hydrogen) atoms. The number of amides is 2. The average molecular weight is 484 g/mol. The molecule has 9 heteroatoms. The van der Waals surface area contributed by atoms with Gasteiger partial charge < -0.3 is 29.4 Å². The minimum atomic E-state index is -1.40. The van der Waals surface area contributed by atoms with Crippen LogP contribution in [-0.4, -0.2) is 30.4 Å². The highest BCUT2D eigenvalue weighted by molar-refractivity contribution is 6.00. The lowest BCUT2D eigenvalue weighted by Gasteiger charge is -2.23. The van der Waals surface area contributed by atoms with Gasteiger partial charge >= 0.3 is 5.63 Å². The Morgan fingerprint density at radius 1 is 1.03 bits per heavy atom. The zero-order chi connectivity index (χ0) is 26.2. The van der Waals surface area contributed by atoms with E-state index < -0.39 is 36.0 Å². The number of carboxylic acid groups (broad SMARTS) is 1. The zero-order valence-electron chi connectivity index (χ0n) is 21.1. The van der Waals surface area contributed by atoms with E-state index in [0.717, 1.165) is 10.9 Å². The van der Waals surface area contributed by atoms with E-state index in [1.54, 1.807) is 27.0 Å². The minimum absolute atomic E-state index is 0.163. The molecule has 0 spiro atoms. The van der Waals surface area contributed by atoms with Crippen molar-refractivity contribution in [1.82, 2.24) is 10.6 Å². The molecule has 9 nitrogen and oxygen atoms in total. The molecule has 0 saturated heterocycles. The van der Waals surface area contributed by atoms with Gasteiger partial charge in [0, 0.05) is 21.9 Å². The van der Waals surface area contributed by atoms with Gasteiger partial charge in [-0.2, -0.15) is 0 Å². The number of hydrogen-bond acceptors (Lipinski definition) is 7. The fourth-order valence-electron chi connectivity index (χ4n) is 4.11. The highest BCUT2D eigenvalue weighted by atomic mass is 16.4. The SMILES string of the molecule is Cc1c(CC(=O)NCC(=O)N[C@H](C(=O)[O-])C(C)C)c(=O)oc2c(C)c3occ(C(C)(C)C)c3cc12. The molecule has 0 unspecified atom stereocenters. The number of carbonyl (C=O) groups excluding carboxylic acids is 3. The van der Waals surface area contributed by atoms with Crippen molar-refractivity contribution in [1.29, 1.82) is 0 Å². The number of carboxylic acids is 1. The van der Waals surface area contributed by atoms with Crippen molar-refractivity contribution in [2.75, 3.05) is 6.54 Å². The number of benzene rings is 1. The highest BCUT2D eigenvalue weighted by Gasteiger charge is 2.24. The maximum Gasteiger partial charge on any atom is 0.340 e. The number of fused-ring (bicyclic) bond motifs is 2. The molecule has 2 amide bonds. The van der Waals surface area contributed by atoms with Crippen LogP contribution in [0.3, 0.4) is 0 Å². The Labute approximate surface area is 202 Å². The molecule has 0 aliphatic carbocycles. The van der Waals surface area contributed by atoms with Gasteiger partial charge in [0.2, 0.25) is 11.8 Å². The molecular weight excluding hydrogens is 452 g/mol. The van der Waals surface area contributed by atoms with Crippen LogP contribution in [0, 0.1) is 19.8 Å². The predicted octanol–water partition coefficient (Wildman–Crippen LogP) is 2.00. The number of rotatable bonds is 7. The monoisotopic (exact) mass is 483 g/mol. The average Bonchev–Trinajstić information content (AvgIpc) is 3.19. The Hall–Kier alpha value is -3.62. The first kappa shape index (κ1) is 26.0. The van der Waals surface area contributed by atoms with Crippen molar-refractivity contribution < 1.29 is 28.3 Å². The summed E-state index contributed by atoms with van der Waals surface area (Å²) in [6.07, 6.45) is 1.42. The van der Waals surface area contributed by atoms with Crippen molar-refractivity contribution in [2.24, 2.45) is 5.92 Å². The molecule has 0 aliphatic rings. The summed E-state index contributed by atoms with van der Waals surface area (Å²) in [4.78, 5) is 48.5. The quantitative estimate of drug-likeness (QED) is 0.490. The number of carbonyl (C=O) groups is 3. The molecule has 0 aliphatic heterocycles. The second kappa shape index (κ2) is 9.56. The van der Waals surface area contributed by atoms with Crippen molar-refractivity contribution in [3.63, 3.8) is 0 Å². The summed E-state index contributed by atoms with van der Waals surface area (Å²) in [5.74, 6) is -3.02. The van der Waals surface area contributed by atoms with E-state index in [9.17, 15) is 24.3 Å². The van der Waals surface area contributed by atoms with Gasteiger partial charge in [0.1, 0.15) is 11.2 Å². The smallest absolute Gasteiger partial charge is 0.340 e. The van der Waals surface area contributed by atoms with Crippen LogP contribution < -0.4 is 21.4 Å². The number of nitrogens with one attached hydrogen (secondary N) is 2. The van der Waals surface area contributed by atoms with Crippen LogP contribution in [0.4, 0.5) is 0 Å². The fraction of sp³-hybridized carbons (Fsp3) is 0.462. The van der Waals surface area contributed by atoms with E-state index in [1.165, 1.54) is 0 Å². The van der Waals surface area contributed by atoms with Gasteiger partial charge in [-0.3, -0.25) is 9.59 Å². The van der Waals surface area contributed by atoms with Crippen molar-refractivity contribution in [2.45, 2.75) is 66.3 Å². The summed E-state index contributed by atoms with van der Waals surface area (Å²) in [6.45, 7) is 12.6. The zero-order valence-corrected chi connectivity index (χ0v) is 21.1. The van der Waals surface area contributed by atoms with Crippen LogP contribution in [0.1, 0.15) is 56.9 Å². The van der Waals surface area contributed by atoms with Gasteiger partial charge in [-0.05, 0) is 36.8 Å². The van der Waals surface area contributed by atoms with Gasteiger partial charge in [0.05, 0.1) is 36.8 Å². The normalized spacial score (nSPS) is 12.8. The third-order valence-corrected chi connectivity index (χ3v) is 6.17. The van der Waals surface area contributed by atoms with E-state index in [1.807, 2.05) is 13.0 Å². The molecule has 188 valence electrons. The Balaban J connectivity index is 1.87. The molecule has 3 rings (SSSR count). The Morgan fingerprint density at radius 2 is 1.69 bits per heavy atom. The van der Waals surface area contributed by atoms with Gasteiger partial charge in [-0.1, -0.05) is 34.6 Å². The van der Waals surface area contributed by atoms with Crippen molar-refractivity contribution >= 4 is 39.7 Å². The number of furan rings is 1. The molecule has 0 bridgehead atoms. The number of aryl methyl sites for hydroxylation is 2. The second-order valence-corrected chi connectivity index (χ2v) is 10.2. The van der Waals surface area contributed by atoms with E-state index in [4.69, 9.17) is 8.83 Å². The van der Waals surface area contributed by atoms with Crippen LogP contribution in [0.25, 0.3) is 21.9 Å². The van der Waals surface area contributed by atoms with E-state index in [-0.39, 0.29) is 23.3 Å². The molecule has 1 aromatic carbocycles. The van der Waals surface area contributed by atoms with Crippen molar-refractivity contribution in [3.8, 4) is 0 Å². The van der Waals surface area contributed by atoms with Gasteiger partial charge in [0.15, 0.2) is 0 Å². The predicted molar refractivity (Wildman–Crippen MR) is 129 cm³/mol. The highest BCUT2D eigenvalue weighted by Crippen LogP contribution is 2.37. The van der Waals surface area contributed by atoms with Crippen LogP contribution >= 0.6 is 0 Å². The van der Waals surface area contributed by atoms with Crippen LogP contribution in [0.5, 0.6) is 0 Å². The lowest BCUT2D eigenvalue weighted by Crippen LogP contribution is -2.53. The fourth-order valence-corrected chi connectivity index (χ4v) is 4.11. The summed E-state index contributed by atoms with van der Waals surface area (Å²) in [5, 5.41) is 17.5. The number of hydrogen-bond donors (Lipinski definition) is 2. The van der Waals surface area contributed by atoms with Gasteiger partial charge in [-0.25, -0.2) is 4.79 Å². The molecule has 2 heterocycles. The summed E-state index contributed by atoms with van der Waals surface area (Å²) in [6, 6.07) is 0.746. The molecule has 2 aromatic heterocycles. The topological polar surface area (TPSA) is 142 Å². The minimum Gasteiger partial charge on any atom is -0.548 e. The molecular formula is C26H31N2O7-. The molecule has 2 N–H and O–H groups in total. The van der Waals surface area contributed by atoms with E-state index in [2.05, 4.69) is 31.4 Å². The third kappa shape index (κ3) is 5.23. The number of aliphatic carboxylic acids is 1. The van der Waals surface area contributed by atoms with Crippen LogP contribution in [-0.2, 0) is 26.2 Å². The molecule has 0 fully saturated rings. The Bertz CT molecular complexity index is 1370. The summed E-state index contributed by atoms with van der Waals surface area (Å²) in [7, 11) is 0. The Kier molecular flexibility index (Phi) is 7.10. The summed E-state index contributed by atoms with van der Waals surface area (Å²) >= 11 is 0. The largest absolute Gasteiger partial charge is 0.548 e. The Morgan fingerprint density at radius 3 is 2.26 bits per heavy atom. The molecule has 0 radical (unpaired) electrons. The summed E-state index contributed by atoms with van der Waals surface area (Å²) in [5.41, 5.74) is 2.76. The first-order chi connectivity index (χ1) is 16.2. The molecule has 3 aromatic rings. The first-order valence-electron chi connectivity index (χ1n) is 11.5. The van der Waals surface area contributed by atoms with Gasteiger partial charge in [0.25, 0.3) is 0 Å². The molecule has 1 atom stereocenters. The van der Waals surface area contributed by atoms with Gasteiger partial charge in [-0.15, -0.1) is 0 Å². The second-order valence-electron chi connectivity index (χ2n) is 10.2. The summed E-state index contributed by atoms with van der Waals surface area (Å²) < 4.78 is 11.4. The molecule has 0 saturated carbocycles. The van der Waals surface area contributed by atoms with Crippen molar-refractivity contribution in [3.05, 3.63) is 45.0 Å². The lowest BCUT2D eigenvalue weighted by molar-refractivity contribution is -0.309. The standard InChI is InChI=1S/C26H32N2O7/c1-12(2)21(24(31)32)28-20(30)10-27-19(29)9-16-13(3)15-8-17-18(26(5,6)7)11-34-22(17)14(4)23(15)35-25(16)33/h8,11-12,21H,9-10H2,1-7H3,(H,27,29)(H,28,30)(H,31,32)/p-1/t21-/m0/s1. The van der Waals surface area contributed by atoms with Crippen LogP contribution in [0.15, 0.2) is 26.0 Å². The van der Waals surface area contributed by atoms with E-state index in [0.29, 0.717) is 27.7 Å². The maximum atomic E-state index is 12.7. The maximum absolute atomic E-state index is 12.7. The third-order valence-electron chi connectivity index (χ3n) is 6.17. The van der Waals surface area contributed by atoms with Crippen LogP contribution in [0.2, 0.25) is 0 Å². The first-order valence-corrected chi connectivity index (χ1v) is 11.5.